The molecule has 1 amide bonds. The van der Waals surface area contributed by atoms with Crippen molar-refractivity contribution in [3.8, 4) is 5.75 Å². The lowest BCUT2D eigenvalue weighted by atomic mass is 10.1. The van der Waals surface area contributed by atoms with Crippen LogP contribution >= 0.6 is 11.8 Å². The van der Waals surface area contributed by atoms with Crippen molar-refractivity contribution in [2.45, 2.75) is 17.7 Å². The molecule has 1 fully saturated rings. The monoisotopic (exact) mass is 279 g/mol. The summed E-state index contributed by atoms with van der Waals surface area (Å²) in [6.07, 6.45) is 2.94. The van der Waals surface area contributed by atoms with Gasteiger partial charge in [-0.15, -0.1) is 11.8 Å². The van der Waals surface area contributed by atoms with Crippen molar-refractivity contribution in [1.82, 2.24) is 4.90 Å². The van der Waals surface area contributed by atoms with Crippen LogP contribution in [0.5, 0.6) is 5.75 Å². The first-order valence-corrected chi connectivity index (χ1v) is 7.48. The van der Waals surface area contributed by atoms with Crippen LogP contribution in [0.3, 0.4) is 0 Å². The first kappa shape index (κ1) is 13.9. The molecular weight excluding hydrogens is 262 g/mol. The van der Waals surface area contributed by atoms with Gasteiger partial charge in [0.15, 0.2) is 6.61 Å². The Morgan fingerprint density at radius 2 is 1.89 bits per heavy atom. The predicted octanol–water partition coefficient (Wildman–Crippen LogP) is 1.98. The largest absolute Gasteiger partial charge is 0.484 e. The summed E-state index contributed by atoms with van der Waals surface area (Å²) in [5.41, 5.74) is 0. The van der Waals surface area contributed by atoms with E-state index in [1.807, 2.05) is 30.5 Å². The Hall–Kier alpha value is -1.49. The van der Waals surface area contributed by atoms with E-state index in [1.54, 1.807) is 16.7 Å². The lowest BCUT2D eigenvalue weighted by Crippen LogP contribution is -2.41. The second kappa shape index (κ2) is 6.61. The van der Waals surface area contributed by atoms with E-state index in [9.17, 15) is 9.59 Å². The Morgan fingerprint density at radius 1 is 1.26 bits per heavy atom. The van der Waals surface area contributed by atoms with Gasteiger partial charge in [0.1, 0.15) is 11.5 Å². The highest BCUT2D eigenvalue weighted by Gasteiger charge is 2.20. The maximum atomic E-state index is 11.9. The van der Waals surface area contributed by atoms with Crippen LogP contribution in [0.2, 0.25) is 0 Å². The molecule has 5 heteroatoms. The van der Waals surface area contributed by atoms with Crippen LogP contribution < -0.4 is 4.74 Å². The van der Waals surface area contributed by atoms with Crippen LogP contribution in [0.1, 0.15) is 12.8 Å². The molecule has 1 aromatic rings. The fraction of sp³-hybridized carbons (Fsp3) is 0.429. The topological polar surface area (TPSA) is 46.6 Å². The summed E-state index contributed by atoms with van der Waals surface area (Å²) in [6.45, 7) is 1.08. The average Bonchev–Trinajstić information content (AvgIpc) is 2.46. The van der Waals surface area contributed by atoms with Gasteiger partial charge in [0.05, 0.1) is 0 Å². The summed E-state index contributed by atoms with van der Waals surface area (Å²) in [6, 6.07) is 7.64. The number of ketones is 1. The maximum Gasteiger partial charge on any atom is 0.260 e. The van der Waals surface area contributed by atoms with Crippen molar-refractivity contribution >= 4 is 23.5 Å². The van der Waals surface area contributed by atoms with E-state index in [-0.39, 0.29) is 18.3 Å². The molecule has 0 unspecified atom stereocenters. The summed E-state index contributed by atoms with van der Waals surface area (Å²) < 4.78 is 5.46. The van der Waals surface area contributed by atoms with E-state index in [1.165, 1.54) is 0 Å². The molecule has 0 N–H and O–H groups in total. The number of carbonyl (C=O) groups excluding carboxylic acids is 2. The second-order valence-electron chi connectivity index (χ2n) is 4.38. The van der Waals surface area contributed by atoms with Gasteiger partial charge in [0.25, 0.3) is 5.91 Å². The Labute approximate surface area is 117 Å². The summed E-state index contributed by atoms with van der Waals surface area (Å²) in [7, 11) is 0. The highest BCUT2D eigenvalue weighted by atomic mass is 32.2. The van der Waals surface area contributed by atoms with E-state index in [4.69, 9.17) is 4.74 Å². The molecule has 1 heterocycles. The molecule has 0 aromatic heterocycles. The molecule has 0 saturated carbocycles. The molecule has 0 spiro atoms. The van der Waals surface area contributed by atoms with Crippen molar-refractivity contribution in [3.63, 3.8) is 0 Å². The molecule has 1 aliphatic rings. The third-order valence-corrected chi connectivity index (χ3v) is 3.84. The fourth-order valence-electron chi connectivity index (χ4n) is 1.91. The third kappa shape index (κ3) is 3.99. The lowest BCUT2D eigenvalue weighted by Gasteiger charge is -2.25. The number of piperidine rings is 1. The molecular formula is C14H17NO3S. The Kier molecular flexibility index (Phi) is 4.85. The molecule has 0 bridgehead atoms. The van der Waals surface area contributed by atoms with E-state index >= 15 is 0 Å². The molecule has 1 aliphatic heterocycles. The fourth-order valence-corrected chi connectivity index (χ4v) is 2.32. The number of hydrogen-bond acceptors (Lipinski definition) is 4. The quantitative estimate of drug-likeness (QED) is 0.791. The standard InChI is InChI=1S/C14H17NO3S/c1-19-13-4-2-12(3-5-13)18-10-14(17)15-8-6-11(16)7-9-15/h2-5H,6-10H2,1H3. The molecule has 1 aromatic carbocycles. The van der Waals surface area contributed by atoms with Crippen LogP contribution in [0, 0.1) is 0 Å². The van der Waals surface area contributed by atoms with Gasteiger partial charge in [-0.3, -0.25) is 9.59 Å². The number of Topliss-reactive ketones (excluding diaryl/α,β-unsaturated/α-hetero) is 1. The van der Waals surface area contributed by atoms with Crippen molar-refractivity contribution in [2.24, 2.45) is 0 Å². The van der Waals surface area contributed by atoms with Gasteiger partial charge in [-0.25, -0.2) is 0 Å². The van der Waals surface area contributed by atoms with Crippen LogP contribution in [0.4, 0.5) is 0 Å². The summed E-state index contributed by atoms with van der Waals surface area (Å²) >= 11 is 1.66. The van der Waals surface area contributed by atoms with Crippen molar-refractivity contribution in [3.05, 3.63) is 24.3 Å². The van der Waals surface area contributed by atoms with Gasteiger partial charge in [-0.1, -0.05) is 0 Å². The van der Waals surface area contributed by atoms with E-state index in [0.29, 0.717) is 31.7 Å². The smallest absolute Gasteiger partial charge is 0.260 e. The molecule has 1 saturated heterocycles. The maximum absolute atomic E-state index is 11.9. The van der Waals surface area contributed by atoms with Crippen molar-refractivity contribution in [2.75, 3.05) is 26.0 Å². The SMILES string of the molecule is CSc1ccc(OCC(=O)N2CCC(=O)CC2)cc1. The molecule has 19 heavy (non-hydrogen) atoms. The van der Waals surface area contributed by atoms with Crippen molar-refractivity contribution in [1.29, 1.82) is 0 Å². The first-order chi connectivity index (χ1) is 9.19. The number of thioether (sulfide) groups is 1. The number of rotatable bonds is 4. The Balaban J connectivity index is 1.80. The highest BCUT2D eigenvalue weighted by molar-refractivity contribution is 7.98. The van der Waals surface area contributed by atoms with E-state index < -0.39 is 0 Å². The summed E-state index contributed by atoms with van der Waals surface area (Å²) in [5, 5.41) is 0. The van der Waals surface area contributed by atoms with Gasteiger partial charge >= 0.3 is 0 Å². The zero-order valence-corrected chi connectivity index (χ0v) is 11.7. The molecule has 4 nitrogen and oxygen atoms in total. The number of benzene rings is 1. The molecule has 0 radical (unpaired) electrons. The third-order valence-electron chi connectivity index (χ3n) is 3.10. The van der Waals surface area contributed by atoms with Crippen molar-refractivity contribution < 1.29 is 14.3 Å². The molecule has 102 valence electrons. The van der Waals surface area contributed by atoms with E-state index in [2.05, 4.69) is 0 Å². The number of carbonyl (C=O) groups is 2. The zero-order valence-electron chi connectivity index (χ0n) is 10.9. The number of amides is 1. The number of hydrogen-bond donors (Lipinski definition) is 0. The van der Waals surface area contributed by atoms with Gasteiger partial charge in [-0.05, 0) is 30.5 Å². The number of likely N-dealkylation sites (tertiary alicyclic amines) is 1. The predicted molar refractivity (Wildman–Crippen MR) is 74.5 cm³/mol. The normalized spacial score (nSPS) is 15.4. The van der Waals surface area contributed by atoms with Crippen LogP contribution in [0.25, 0.3) is 0 Å². The van der Waals surface area contributed by atoms with Gasteiger partial charge in [0.2, 0.25) is 0 Å². The minimum absolute atomic E-state index is 0.0345. The summed E-state index contributed by atoms with van der Waals surface area (Å²) in [5.74, 6) is 0.873. The first-order valence-electron chi connectivity index (χ1n) is 6.25. The minimum atomic E-state index is -0.0542. The van der Waals surface area contributed by atoms with Gasteiger partial charge in [0, 0.05) is 30.8 Å². The highest BCUT2D eigenvalue weighted by Crippen LogP contribution is 2.19. The van der Waals surface area contributed by atoms with E-state index in [0.717, 1.165) is 4.90 Å². The minimum Gasteiger partial charge on any atom is -0.484 e. The summed E-state index contributed by atoms with van der Waals surface area (Å²) in [4.78, 5) is 25.8. The molecule has 0 aliphatic carbocycles. The van der Waals surface area contributed by atoms with Crippen LogP contribution in [-0.2, 0) is 9.59 Å². The molecule has 2 rings (SSSR count). The molecule has 0 atom stereocenters. The van der Waals surface area contributed by atoms with Crippen LogP contribution in [0.15, 0.2) is 29.2 Å². The van der Waals surface area contributed by atoms with Gasteiger partial charge in [-0.2, -0.15) is 0 Å². The van der Waals surface area contributed by atoms with Crippen LogP contribution in [-0.4, -0.2) is 42.5 Å². The zero-order chi connectivity index (χ0) is 13.7. The lowest BCUT2D eigenvalue weighted by molar-refractivity contribution is -0.136. The second-order valence-corrected chi connectivity index (χ2v) is 5.26. The Morgan fingerprint density at radius 3 is 2.47 bits per heavy atom. The number of ether oxygens (including phenoxy) is 1. The Bertz CT molecular complexity index is 448. The van der Waals surface area contributed by atoms with Gasteiger partial charge < -0.3 is 9.64 Å². The number of nitrogens with zero attached hydrogens (tertiary/aromatic N) is 1. The average molecular weight is 279 g/mol.